The average Bonchev–Trinajstić information content (AvgIpc) is 2.21. The highest BCUT2D eigenvalue weighted by molar-refractivity contribution is 6.19. The normalized spacial score (nSPS) is 11.4. The van der Waals surface area contributed by atoms with E-state index in [9.17, 15) is 4.79 Å². The number of ether oxygens (including phenoxy) is 2. The molecule has 4 nitrogen and oxygen atoms in total. The zero-order valence-corrected chi connectivity index (χ0v) is 11.1. The van der Waals surface area contributed by atoms with Gasteiger partial charge in [0.2, 0.25) is 5.91 Å². The summed E-state index contributed by atoms with van der Waals surface area (Å²) in [6.45, 7) is 8.89. The van der Waals surface area contributed by atoms with Gasteiger partial charge >= 0.3 is 0 Å². The monoisotopic (exact) mass is 229 g/mol. The maximum Gasteiger partial charge on any atom is 0.212 e. The lowest BCUT2D eigenvalue weighted by molar-refractivity contribution is -0.121. The van der Waals surface area contributed by atoms with Crippen LogP contribution >= 0.6 is 0 Å². The molecule has 0 unspecified atom stereocenters. The van der Waals surface area contributed by atoms with Gasteiger partial charge in [0.15, 0.2) is 0 Å². The topological polar surface area (TPSA) is 47.6 Å². The van der Waals surface area contributed by atoms with E-state index in [1.807, 2.05) is 35.5 Å². The second kappa shape index (κ2) is 8.59. The van der Waals surface area contributed by atoms with Crippen LogP contribution in [0.3, 0.4) is 0 Å². The maximum atomic E-state index is 11.3. The highest BCUT2D eigenvalue weighted by Crippen LogP contribution is 1.97. The number of hydrogen-bond donors (Lipinski definition) is 1. The summed E-state index contributed by atoms with van der Waals surface area (Å²) in [6, 6.07) is -0.0581. The molecule has 1 N–H and O–H groups in total. The Kier molecular flexibility index (Phi) is 8.30. The van der Waals surface area contributed by atoms with Crippen molar-refractivity contribution in [2.45, 2.75) is 52.3 Å². The van der Waals surface area contributed by atoms with Crippen LogP contribution in [0.15, 0.2) is 0 Å². The molecule has 16 heavy (non-hydrogen) atoms. The smallest absolute Gasteiger partial charge is 0.212 e. The van der Waals surface area contributed by atoms with Crippen LogP contribution in [0.2, 0.25) is 6.32 Å². The van der Waals surface area contributed by atoms with Gasteiger partial charge < -0.3 is 14.8 Å². The van der Waals surface area contributed by atoms with E-state index < -0.39 is 0 Å². The Morgan fingerprint density at radius 2 is 1.56 bits per heavy atom. The van der Waals surface area contributed by atoms with E-state index in [1.54, 1.807) is 0 Å². The summed E-state index contributed by atoms with van der Waals surface area (Å²) in [5.41, 5.74) is 0. The predicted octanol–water partition coefficient (Wildman–Crippen LogP) is 0.373. The molecule has 0 radical (unpaired) electrons. The molecular formula is C11H24BNO3. The van der Waals surface area contributed by atoms with Gasteiger partial charge in [0.1, 0.15) is 7.85 Å². The Bertz CT molecular complexity index is 186. The van der Waals surface area contributed by atoms with Crippen molar-refractivity contribution in [2.24, 2.45) is 0 Å². The van der Waals surface area contributed by atoms with Gasteiger partial charge in [0, 0.05) is 0 Å². The molecule has 0 aromatic rings. The lowest BCUT2D eigenvalue weighted by atomic mass is 10.0. The molecule has 0 aliphatic heterocycles. The minimum absolute atomic E-state index is 0.0321. The van der Waals surface area contributed by atoms with E-state index in [4.69, 9.17) is 9.47 Å². The van der Waals surface area contributed by atoms with Crippen molar-refractivity contribution >= 4 is 13.8 Å². The van der Waals surface area contributed by atoms with Crippen LogP contribution in [-0.4, -0.2) is 45.2 Å². The lowest BCUT2D eigenvalue weighted by Gasteiger charge is -2.21. The minimum atomic E-state index is -0.0581. The zero-order chi connectivity index (χ0) is 12.6. The summed E-state index contributed by atoms with van der Waals surface area (Å²) in [6.07, 6.45) is 0.819. The molecule has 0 aliphatic rings. The van der Waals surface area contributed by atoms with Crippen LogP contribution in [0.5, 0.6) is 0 Å². The van der Waals surface area contributed by atoms with Gasteiger partial charge in [-0.05, 0) is 34.0 Å². The summed E-state index contributed by atoms with van der Waals surface area (Å²) in [7, 11) is 1.83. The van der Waals surface area contributed by atoms with Gasteiger partial charge in [-0.3, -0.25) is 4.79 Å². The Labute approximate surface area is 99.5 Å². The van der Waals surface area contributed by atoms with Crippen molar-refractivity contribution in [1.29, 1.82) is 0 Å². The molecule has 0 aromatic heterocycles. The fourth-order valence-corrected chi connectivity index (χ4v) is 1.08. The highest BCUT2D eigenvalue weighted by Gasteiger charge is 2.13. The molecule has 0 aromatic carbocycles. The number of carbonyl (C=O) groups is 1. The summed E-state index contributed by atoms with van der Waals surface area (Å²) in [4.78, 5) is 11.3. The molecule has 0 fully saturated rings. The van der Waals surface area contributed by atoms with Crippen molar-refractivity contribution in [3.63, 3.8) is 0 Å². The molecule has 0 bridgehead atoms. The minimum Gasteiger partial charge on any atom is -0.377 e. The van der Waals surface area contributed by atoms with Crippen LogP contribution in [0, 0.1) is 0 Å². The number of hydrogen-bond acceptors (Lipinski definition) is 3. The molecule has 0 atom stereocenters. The Morgan fingerprint density at radius 1 is 1.12 bits per heavy atom. The van der Waals surface area contributed by atoms with Crippen molar-refractivity contribution < 1.29 is 14.3 Å². The predicted molar refractivity (Wildman–Crippen MR) is 67.5 cm³/mol. The highest BCUT2D eigenvalue weighted by atomic mass is 16.5. The SMILES string of the molecule is BCC(=O)NC(COC(C)C)COC(C)C. The van der Waals surface area contributed by atoms with Crippen molar-refractivity contribution in [3.8, 4) is 0 Å². The Morgan fingerprint density at radius 3 is 1.88 bits per heavy atom. The van der Waals surface area contributed by atoms with Crippen LogP contribution in [-0.2, 0) is 14.3 Å². The molecule has 0 rings (SSSR count). The largest absolute Gasteiger partial charge is 0.377 e. The van der Waals surface area contributed by atoms with Gasteiger partial charge in [0.05, 0.1) is 31.5 Å². The first-order chi connectivity index (χ1) is 7.45. The third-order valence-corrected chi connectivity index (χ3v) is 1.95. The number of nitrogens with one attached hydrogen (secondary N) is 1. The van der Waals surface area contributed by atoms with E-state index in [1.165, 1.54) is 0 Å². The third-order valence-electron chi connectivity index (χ3n) is 1.95. The van der Waals surface area contributed by atoms with E-state index in [2.05, 4.69) is 5.32 Å². The molecule has 0 aliphatic carbocycles. The van der Waals surface area contributed by atoms with Crippen molar-refractivity contribution in [1.82, 2.24) is 5.32 Å². The van der Waals surface area contributed by atoms with E-state index in [0.717, 1.165) is 0 Å². The molecule has 0 saturated heterocycles. The summed E-state index contributed by atoms with van der Waals surface area (Å²) >= 11 is 0. The van der Waals surface area contributed by atoms with E-state index >= 15 is 0 Å². The van der Waals surface area contributed by atoms with Crippen molar-refractivity contribution in [2.75, 3.05) is 13.2 Å². The lowest BCUT2D eigenvalue weighted by Crippen LogP contribution is -2.42. The third kappa shape index (κ3) is 8.74. The van der Waals surface area contributed by atoms with Gasteiger partial charge in [-0.15, -0.1) is 0 Å². The molecular weight excluding hydrogens is 205 g/mol. The standard InChI is InChI=1S/C11H24BNO3/c1-8(2)15-6-10(7-16-9(3)4)13-11(14)5-12/h8-10H,5-7,12H2,1-4H3,(H,13,14). The van der Waals surface area contributed by atoms with Crippen LogP contribution in [0.1, 0.15) is 27.7 Å². The van der Waals surface area contributed by atoms with Gasteiger partial charge in [0.25, 0.3) is 0 Å². The second-order valence-electron chi connectivity index (χ2n) is 4.38. The van der Waals surface area contributed by atoms with Gasteiger partial charge in [-0.1, -0.05) is 0 Å². The fraction of sp³-hybridized carbons (Fsp3) is 0.909. The number of carbonyl (C=O) groups excluding carboxylic acids is 1. The molecule has 94 valence electrons. The molecule has 0 saturated carbocycles. The Hall–Kier alpha value is -0.545. The summed E-state index contributed by atoms with van der Waals surface area (Å²) < 4.78 is 11.0. The second-order valence-corrected chi connectivity index (χ2v) is 4.38. The first-order valence-corrected chi connectivity index (χ1v) is 5.98. The first-order valence-electron chi connectivity index (χ1n) is 5.98. The van der Waals surface area contributed by atoms with Crippen LogP contribution < -0.4 is 5.32 Å². The fourth-order valence-electron chi connectivity index (χ4n) is 1.08. The van der Waals surface area contributed by atoms with Gasteiger partial charge in [-0.2, -0.15) is 0 Å². The maximum absolute atomic E-state index is 11.3. The van der Waals surface area contributed by atoms with Crippen LogP contribution in [0.4, 0.5) is 0 Å². The Balaban J connectivity index is 3.99. The summed E-state index contributed by atoms with van der Waals surface area (Å²) in [5.74, 6) is 0.0321. The first kappa shape index (κ1) is 15.5. The molecule has 0 spiro atoms. The average molecular weight is 229 g/mol. The number of amides is 1. The quantitative estimate of drug-likeness (QED) is 0.612. The zero-order valence-electron chi connectivity index (χ0n) is 11.1. The molecule has 0 heterocycles. The van der Waals surface area contributed by atoms with E-state index in [0.29, 0.717) is 19.5 Å². The van der Waals surface area contributed by atoms with Crippen LogP contribution in [0.25, 0.3) is 0 Å². The summed E-state index contributed by atoms with van der Waals surface area (Å²) in [5, 5.41) is 2.89. The molecule has 5 heteroatoms. The van der Waals surface area contributed by atoms with E-state index in [-0.39, 0.29) is 24.2 Å². The van der Waals surface area contributed by atoms with Gasteiger partial charge in [-0.25, -0.2) is 0 Å². The molecule has 1 amide bonds. The van der Waals surface area contributed by atoms with Crippen molar-refractivity contribution in [3.05, 3.63) is 0 Å². The number of rotatable bonds is 8.